The molecule has 0 spiro atoms. The summed E-state index contributed by atoms with van der Waals surface area (Å²) >= 11 is 0. The fourth-order valence-corrected chi connectivity index (χ4v) is 4.58. The third-order valence-corrected chi connectivity index (χ3v) is 6.23. The second-order valence-corrected chi connectivity index (χ2v) is 8.49. The van der Waals surface area contributed by atoms with Crippen molar-refractivity contribution in [2.24, 2.45) is 0 Å². The van der Waals surface area contributed by atoms with Crippen LogP contribution in [-0.2, 0) is 6.42 Å². The lowest BCUT2D eigenvalue weighted by Gasteiger charge is -2.23. The number of nitrogens with zero attached hydrogens (tertiary/aromatic N) is 3. The maximum Gasteiger partial charge on any atom is 0.203 e. The molecular formula is C28H28N6. The molecule has 34 heavy (non-hydrogen) atoms. The van der Waals surface area contributed by atoms with Gasteiger partial charge in [-0.3, -0.25) is 0 Å². The highest BCUT2D eigenvalue weighted by molar-refractivity contribution is 5.77. The monoisotopic (exact) mass is 448 g/mol. The van der Waals surface area contributed by atoms with Gasteiger partial charge in [0.15, 0.2) is 0 Å². The zero-order valence-corrected chi connectivity index (χ0v) is 18.9. The zero-order valence-electron chi connectivity index (χ0n) is 18.9. The molecule has 0 aliphatic carbocycles. The molecule has 0 radical (unpaired) electrons. The summed E-state index contributed by atoms with van der Waals surface area (Å²) in [6, 6.07) is 33.9. The van der Waals surface area contributed by atoms with Crippen LogP contribution in [0.15, 0.2) is 97.1 Å². The van der Waals surface area contributed by atoms with Crippen molar-refractivity contribution in [2.45, 2.75) is 24.8 Å². The number of benzene rings is 3. The molecule has 2 heterocycles. The van der Waals surface area contributed by atoms with Crippen LogP contribution in [0.3, 0.4) is 0 Å². The van der Waals surface area contributed by atoms with Crippen LogP contribution < -0.4 is 11.1 Å². The molecule has 6 heteroatoms. The van der Waals surface area contributed by atoms with Gasteiger partial charge in [-0.15, -0.1) is 5.10 Å². The molecule has 2 unspecified atom stereocenters. The van der Waals surface area contributed by atoms with Crippen molar-refractivity contribution in [2.75, 3.05) is 12.3 Å². The quantitative estimate of drug-likeness (QED) is 0.294. The first-order chi connectivity index (χ1) is 16.8. The topological polar surface area (TPSA) is 92.5 Å². The average molecular weight is 449 g/mol. The molecule has 0 aliphatic heterocycles. The van der Waals surface area contributed by atoms with E-state index in [-0.39, 0.29) is 12.0 Å². The fraction of sp³-hybridized carbons (Fsp3) is 0.179. The van der Waals surface area contributed by atoms with E-state index in [0.29, 0.717) is 11.5 Å². The van der Waals surface area contributed by atoms with Crippen LogP contribution >= 0.6 is 0 Å². The highest BCUT2D eigenvalue weighted by atomic mass is 15.3. The molecule has 6 nitrogen and oxygen atoms in total. The molecular weight excluding hydrogens is 420 g/mol. The van der Waals surface area contributed by atoms with Crippen molar-refractivity contribution in [1.82, 2.24) is 25.7 Å². The number of hydrogen-bond acceptors (Lipinski definition) is 5. The van der Waals surface area contributed by atoms with Crippen molar-refractivity contribution < 1.29 is 0 Å². The minimum absolute atomic E-state index is 0.111. The molecule has 0 bridgehead atoms. The number of nitrogen functional groups attached to an aromatic ring is 1. The van der Waals surface area contributed by atoms with Gasteiger partial charge in [-0.1, -0.05) is 91.0 Å². The van der Waals surface area contributed by atoms with Gasteiger partial charge < -0.3 is 11.1 Å². The minimum atomic E-state index is 0.111. The Hall–Kier alpha value is -4.03. The Labute approximate surface area is 199 Å². The van der Waals surface area contributed by atoms with Crippen molar-refractivity contribution >= 4 is 17.0 Å². The number of nitrogens with two attached hydrogens (primary N) is 1. The van der Waals surface area contributed by atoms with Crippen LogP contribution in [-0.4, -0.2) is 26.9 Å². The van der Waals surface area contributed by atoms with Gasteiger partial charge in [0.25, 0.3) is 0 Å². The van der Waals surface area contributed by atoms with Gasteiger partial charge in [0, 0.05) is 12.0 Å². The van der Waals surface area contributed by atoms with Crippen molar-refractivity contribution in [3.8, 4) is 0 Å². The van der Waals surface area contributed by atoms with E-state index < -0.39 is 0 Å². The van der Waals surface area contributed by atoms with E-state index in [2.05, 4.69) is 111 Å². The summed E-state index contributed by atoms with van der Waals surface area (Å²) in [5, 5.41) is 15.1. The third kappa shape index (κ3) is 4.97. The van der Waals surface area contributed by atoms with E-state index in [1.165, 1.54) is 16.7 Å². The Balaban J connectivity index is 1.41. The summed E-state index contributed by atoms with van der Waals surface area (Å²) in [7, 11) is 0. The van der Waals surface area contributed by atoms with E-state index in [1.807, 2.05) is 12.1 Å². The Morgan fingerprint density at radius 2 is 1.44 bits per heavy atom. The summed E-state index contributed by atoms with van der Waals surface area (Å²) in [5.74, 6) is 0.566. The molecule has 0 saturated heterocycles. The third-order valence-electron chi connectivity index (χ3n) is 6.23. The number of aromatic nitrogens is 4. The molecule has 3 aromatic carbocycles. The number of anilines is 1. The molecule has 0 amide bonds. The summed E-state index contributed by atoms with van der Waals surface area (Å²) in [6.07, 6.45) is 1.81. The maximum absolute atomic E-state index is 6.13. The Bertz CT molecular complexity index is 1320. The standard InChI is InChI=1S/C28H28N6/c29-26-19-24(27-28(31-26)33-34-32-27)23(21-12-6-2-7-13-21)16-17-30-25(22-14-8-3-9-15-22)18-20-10-4-1-5-11-20/h1-15,19,23,25,30H,16-18H2,(H3,29,31,32,33,34). The first-order valence-corrected chi connectivity index (χ1v) is 11.6. The molecule has 5 rings (SSSR count). The van der Waals surface area contributed by atoms with Gasteiger partial charge in [-0.05, 0) is 47.7 Å². The smallest absolute Gasteiger partial charge is 0.203 e. The van der Waals surface area contributed by atoms with E-state index in [1.54, 1.807) is 0 Å². The van der Waals surface area contributed by atoms with E-state index in [9.17, 15) is 0 Å². The Morgan fingerprint density at radius 1 is 0.794 bits per heavy atom. The van der Waals surface area contributed by atoms with Gasteiger partial charge in [-0.25, -0.2) is 4.98 Å². The zero-order chi connectivity index (χ0) is 23.2. The average Bonchev–Trinajstić information content (AvgIpc) is 3.36. The van der Waals surface area contributed by atoms with Gasteiger partial charge >= 0.3 is 0 Å². The van der Waals surface area contributed by atoms with E-state index in [0.717, 1.165) is 30.5 Å². The molecule has 170 valence electrons. The number of aromatic amines is 1. The van der Waals surface area contributed by atoms with Gasteiger partial charge in [-0.2, -0.15) is 10.3 Å². The number of pyridine rings is 1. The lowest BCUT2D eigenvalue weighted by atomic mass is 9.88. The van der Waals surface area contributed by atoms with Crippen LogP contribution in [0, 0.1) is 0 Å². The van der Waals surface area contributed by atoms with Crippen LogP contribution in [0.25, 0.3) is 11.2 Å². The highest BCUT2D eigenvalue weighted by Gasteiger charge is 2.21. The Kier molecular flexibility index (Phi) is 6.59. The second-order valence-electron chi connectivity index (χ2n) is 8.49. The molecule has 5 aromatic rings. The first kappa shape index (κ1) is 21.8. The highest BCUT2D eigenvalue weighted by Crippen LogP contribution is 2.32. The fourth-order valence-electron chi connectivity index (χ4n) is 4.58. The van der Waals surface area contributed by atoms with E-state index in [4.69, 9.17) is 5.73 Å². The first-order valence-electron chi connectivity index (χ1n) is 11.6. The number of nitrogens with one attached hydrogen (secondary N) is 2. The molecule has 0 fully saturated rings. The second kappa shape index (κ2) is 10.3. The molecule has 0 saturated carbocycles. The lowest BCUT2D eigenvalue weighted by molar-refractivity contribution is 0.508. The van der Waals surface area contributed by atoms with Crippen molar-refractivity contribution in [1.29, 1.82) is 0 Å². The van der Waals surface area contributed by atoms with Gasteiger partial charge in [0.2, 0.25) is 5.65 Å². The number of rotatable bonds is 9. The van der Waals surface area contributed by atoms with Crippen LogP contribution in [0.4, 0.5) is 5.82 Å². The molecule has 2 aromatic heterocycles. The Morgan fingerprint density at radius 3 is 2.15 bits per heavy atom. The lowest BCUT2D eigenvalue weighted by Crippen LogP contribution is -2.26. The van der Waals surface area contributed by atoms with Gasteiger partial charge in [0.05, 0.1) is 0 Å². The summed E-state index contributed by atoms with van der Waals surface area (Å²) in [5.41, 5.74) is 12.3. The van der Waals surface area contributed by atoms with Crippen molar-refractivity contribution in [3.63, 3.8) is 0 Å². The number of hydrogen-bond donors (Lipinski definition) is 3. The van der Waals surface area contributed by atoms with Crippen LogP contribution in [0.2, 0.25) is 0 Å². The predicted octanol–water partition coefficient (Wildman–Crippen LogP) is 5.03. The summed E-state index contributed by atoms with van der Waals surface area (Å²) < 4.78 is 0. The van der Waals surface area contributed by atoms with E-state index >= 15 is 0 Å². The van der Waals surface area contributed by atoms with Crippen molar-refractivity contribution in [3.05, 3.63) is 119 Å². The van der Waals surface area contributed by atoms with Crippen LogP contribution in [0.5, 0.6) is 0 Å². The van der Waals surface area contributed by atoms with Crippen LogP contribution in [0.1, 0.15) is 40.6 Å². The minimum Gasteiger partial charge on any atom is -0.384 e. The summed E-state index contributed by atoms with van der Waals surface area (Å²) in [6.45, 7) is 0.827. The molecule has 0 aliphatic rings. The molecule has 2 atom stereocenters. The SMILES string of the molecule is Nc1cc(C(CCNC(Cc2ccccc2)c2ccccc2)c2ccccc2)c2n[nH]nc2n1. The molecule has 4 N–H and O–H groups in total. The largest absolute Gasteiger partial charge is 0.384 e. The number of H-pyrrole nitrogens is 1. The number of fused-ring (bicyclic) bond motifs is 1. The summed E-state index contributed by atoms with van der Waals surface area (Å²) in [4.78, 5) is 4.32. The maximum atomic E-state index is 6.13. The normalized spacial score (nSPS) is 13.1. The van der Waals surface area contributed by atoms with Gasteiger partial charge in [0.1, 0.15) is 11.3 Å². The predicted molar refractivity (Wildman–Crippen MR) is 136 cm³/mol.